The highest BCUT2D eigenvalue weighted by molar-refractivity contribution is 5.97. The van der Waals surface area contributed by atoms with Crippen LogP contribution in [0.3, 0.4) is 0 Å². The third kappa shape index (κ3) is 3.51. The number of rotatable bonds is 4. The molecule has 0 aromatic heterocycles. The molecule has 0 unspecified atom stereocenters. The molecule has 1 aliphatic rings. The van der Waals surface area contributed by atoms with E-state index in [-0.39, 0.29) is 23.7 Å². The number of anilines is 1. The number of hydrogen-bond acceptors (Lipinski definition) is 3. The van der Waals surface area contributed by atoms with Crippen molar-refractivity contribution >= 4 is 24.0 Å². The molecule has 1 heterocycles. The zero-order valence-electron chi connectivity index (χ0n) is 12.1. The van der Waals surface area contributed by atoms with E-state index in [0.717, 1.165) is 31.6 Å². The van der Waals surface area contributed by atoms with Crippen LogP contribution in [0, 0.1) is 5.41 Å². The lowest BCUT2D eigenvalue weighted by Crippen LogP contribution is -2.50. The average Bonchev–Trinajstić information content (AvgIpc) is 2.48. The third-order valence-corrected chi connectivity index (χ3v) is 3.88. The van der Waals surface area contributed by atoms with Crippen molar-refractivity contribution in [2.45, 2.75) is 12.8 Å². The number of halogens is 1. The standard InChI is InChI=1S/C15H22N2O2.ClH/c1-17(13-6-4-3-5-7-13)14(18)15(12-19-2)8-10-16-11-9-15;/h3-7,16H,8-12H2,1-2H3;1H. The van der Waals surface area contributed by atoms with Crippen LogP contribution in [0.2, 0.25) is 0 Å². The number of carbonyl (C=O) groups is 1. The Balaban J connectivity index is 0.00000200. The van der Waals surface area contributed by atoms with E-state index >= 15 is 0 Å². The van der Waals surface area contributed by atoms with Crippen molar-refractivity contribution in [2.24, 2.45) is 5.41 Å². The van der Waals surface area contributed by atoms with E-state index in [4.69, 9.17) is 4.74 Å². The van der Waals surface area contributed by atoms with E-state index in [9.17, 15) is 4.79 Å². The lowest BCUT2D eigenvalue weighted by Gasteiger charge is -2.38. The SMILES string of the molecule is COCC1(C(=O)N(C)c2ccccc2)CCNCC1.Cl. The molecule has 0 atom stereocenters. The van der Waals surface area contributed by atoms with Crippen LogP contribution in [0.15, 0.2) is 30.3 Å². The normalized spacial score (nSPS) is 17.1. The predicted molar refractivity (Wildman–Crippen MR) is 83.5 cm³/mol. The van der Waals surface area contributed by atoms with Gasteiger partial charge >= 0.3 is 0 Å². The van der Waals surface area contributed by atoms with Crippen LogP contribution in [-0.4, -0.2) is 39.8 Å². The number of piperidine rings is 1. The van der Waals surface area contributed by atoms with Gasteiger partial charge in [0, 0.05) is 19.8 Å². The number of carbonyl (C=O) groups excluding carboxylic acids is 1. The van der Waals surface area contributed by atoms with Crippen LogP contribution in [0.1, 0.15) is 12.8 Å². The summed E-state index contributed by atoms with van der Waals surface area (Å²) < 4.78 is 5.32. The van der Waals surface area contributed by atoms with E-state index in [1.807, 2.05) is 37.4 Å². The molecule has 1 saturated heterocycles. The number of methoxy groups -OCH3 is 1. The molecule has 0 radical (unpaired) electrons. The maximum atomic E-state index is 12.8. The van der Waals surface area contributed by atoms with Gasteiger partial charge in [-0.2, -0.15) is 0 Å². The van der Waals surface area contributed by atoms with E-state index in [2.05, 4.69) is 5.32 Å². The van der Waals surface area contributed by atoms with Gasteiger partial charge in [0.2, 0.25) is 5.91 Å². The summed E-state index contributed by atoms with van der Waals surface area (Å²) >= 11 is 0. The van der Waals surface area contributed by atoms with Crippen LogP contribution in [0.25, 0.3) is 0 Å². The molecule has 0 bridgehead atoms. The molecule has 4 nitrogen and oxygen atoms in total. The molecule has 1 N–H and O–H groups in total. The van der Waals surface area contributed by atoms with Crippen LogP contribution in [0.4, 0.5) is 5.69 Å². The molecule has 2 rings (SSSR count). The first kappa shape index (κ1) is 17.0. The number of hydrogen-bond donors (Lipinski definition) is 1. The van der Waals surface area contributed by atoms with Crippen molar-refractivity contribution in [2.75, 3.05) is 38.8 Å². The Labute approximate surface area is 126 Å². The minimum absolute atomic E-state index is 0. The van der Waals surface area contributed by atoms with Gasteiger partial charge in [-0.25, -0.2) is 0 Å². The Kier molecular flexibility index (Phi) is 6.46. The first-order valence-electron chi connectivity index (χ1n) is 6.72. The summed E-state index contributed by atoms with van der Waals surface area (Å²) in [5.41, 5.74) is 0.548. The van der Waals surface area contributed by atoms with Crippen LogP contribution in [-0.2, 0) is 9.53 Å². The summed E-state index contributed by atoms with van der Waals surface area (Å²) in [6.07, 6.45) is 1.66. The lowest BCUT2D eigenvalue weighted by molar-refractivity contribution is -0.133. The Bertz CT molecular complexity index is 414. The highest BCUT2D eigenvalue weighted by atomic mass is 35.5. The maximum absolute atomic E-state index is 12.8. The number of amides is 1. The second-order valence-corrected chi connectivity index (χ2v) is 5.16. The van der Waals surface area contributed by atoms with Crippen molar-refractivity contribution in [3.8, 4) is 0 Å². The molecule has 5 heteroatoms. The molecule has 1 aromatic rings. The molecule has 0 saturated carbocycles. The maximum Gasteiger partial charge on any atom is 0.235 e. The fourth-order valence-corrected chi connectivity index (χ4v) is 2.73. The summed E-state index contributed by atoms with van der Waals surface area (Å²) in [7, 11) is 3.51. The second-order valence-electron chi connectivity index (χ2n) is 5.16. The number of nitrogens with zero attached hydrogens (tertiary/aromatic N) is 1. The summed E-state index contributed by atoms with van der Waals surface area (Å²) in [5, 5.41) is 3.31. The van der Waals surface area contributed by atoms with E-state index < -0.39 is 0 Å². The summed E-state index contributed by atoms with van der Waals surface area (Å²) in [5.74, 6) is 0.155. The molecule has 1 aromatic carbocycles. The minimum Gasteiger partial charge on any atom is -0.384 e. The predicted octanol–water partition coefficient (Wildman–Crippen LogP) is 2.09. The van der Waals surface area contributed by atoms with Gasteiger partial charge in [-0.1, -0.05) is 18.2 Å². The van der Waals surface area contributed by atoms with Gasteiger partial charge in [-0.05, 0) is 38.1 Å². The minimum atomic E-state index is -0.384. The topological polar surface area (TPSA) is 41.6 Å². The van der Waals surface area contributed by atoms with Gasteiger partial charge in [-0.3, -0.25) is 4.79 Å². The zero-order chi connectivity index (χ0) is 13.7. The third-order valence-electron chi connectivity index (χ3n) is 3.88. The van der Waals surface area contributed by atoms with E-state index in [1.54, 1.807) is 12.0 Å². The Morgan fingerprint density at radius 1 is 1.30 bits per heavy atom. The van der Waals surface area contributed by atoms with Crippen molar-refractivity contribution < 1.29 is 9.53 Å². The molecular weight excluding hydrogens is 276 g/mol. The Morgan fingerprint density at radius 3 is 2.45 bits per heavy atom. The number of benzene rings is 1. The van der Waals surface area contributed by atoms with Gasteiger partial charge in [-0.15, -0.1) is 12.4 Å². The quantitative estimate of drug-likeness (QED) is 0.925. The van der Waals surface area contributed by atoms with Crippen molar-refractivity contribution in [3.05, 3.63) is 30.3 Å². The second kappa shape index (κ2) is 7.62. The highest BCUT2D eigenvalue weighted by Crippen LogP contribution is 2.32. The van der Waals surface area contributed by atoms with Gasteiger partial charge in [0.25, 0.3) is 0 Å². The monoisotopic (exact) mass is 298 g/mol. The molecular formula is C15H23ClN2O2. The van der Waals surface area contributed by atoms with E-state index in [0.29, 0.717) is 6.61 Å². The number of nitrogens with one attached hydrogen (secondary N) is 1. The Hall–Kier alpha value is -1.10. The molecule has 1 amide bonds. The molecule has 20 heavy (non-hydrogen) atoms. The van der Waals surface area contributed by atoms with E-state index in [1.165, 1.54) is 0 Å². The molecule has 0 aliphatic carbocycles. The van der Waals surface area contributed by atoms with Crippen molar-refractivity contribution in [3.63, 3.8) is 0 Å². The van der Waals surface area contributed by atoms with Gasteiger partial charge in [0.05, 0.1) is 12.0 Å². The molecule has 112 valence electrons. The average molecular weight is 299 g/mol. The fourth-order valence-electron chi connectivity index (χ4n) is 2.73. The van der Waals surface area contributed by atoms with Crippen LogP contribution >= 0.6 is 12.4 Å². The summed E-state index contributed by atoms with van der Waals surface area (Å²) in [6, 6.07) is 9.77. The molecule has 1 fully saturated rings. The number of para-hydroxylation sites is 1. The largest absolute Gasteiger partial charge is 0.384 e. The first-order chi connectivity index (χ1) is 9.19. The highest BCUT2D eigenvalue weighted by Gasteiger charge is 2.41. The van der Waals surface area contributed by atoms with Gasteiger partial charge in [0.15, 0.2) is 0 Å². The number of ether oxygens (including phenoxy) is 1. The summed E-state index contributed by atoms with van der Waals surface area (Å²) in [6.45, 7) is 2.24. The zero-order valence-corrected chi connectivity index (χ0v) is 12.9. The Morgan fingerprint density at radius 2 is 1.90 bits per heavy atom. The fraction of sp³-hybridized carbons (Fsp3) is 0.533. The lowest BCUT2D eigenvalue weighted by atomic mass is 9.78. The summed E-state index contributed by atoms with van der Waals surface area (Å²) in [4.78, 5) is 14.6. The van der Waals surface area contributed by atoms with Crippen molar-refractivity contribution in [1.29, 1.82) is 0 Å². The first-order valence-corrected chi connectivity index (χ1v) is 6.72. The van der Waals surface area contributed by atoms with Crippen LogP contribution in [0.5, 0.6) is 0 Å². The van der Waals surface area contributed by atoms with Gasteiger partial charge < -0.3 is 15.0 Å². The van der Waals surface area contributed by atoms with Crippen molar-refractivity contribution in [1.82, 2.24) is 5.32 Å². The molecule has 1 aliphatic heterocycles. The molecule has 0 spiro atoms. The van der Waals surface area contributed by atoms with Gasteiger partial charge in [0.1, 0.15) is 0 Å². The van der Waals surface area contributed by atoms with Crippen LogP contribution < -0.4 is 10.2 Å². The smallest absolute Gasteiger partial charge is 0.235 e.